The minimum Gasteiger partial charge on any atom is -0.466 e. The van der Waals surface area contributed by atoms with Crippen molar-refractivity contribution in [2.75, 3.05) is 6.61 Å². The SMILES string of the molecule is CCCCCCCCCCCCCCCCCCCCCCCCCCCCCCCCCCOC(=O)CCCCCCCCCCCCCCCCCCCCCCCCCCCCCCCC. The molecule has 0 unspecified atom stereocenters. The van der Waals surface area contributed by atoms with Gasteiger partial charge in [-0.1, -0.05) is 399 Å². The molecule has 69 heavy (non-hydrogen) atoms. The van der Waals surface area contributed by atoms with Gasteiger partial charge in [0.05, 0.1) is 6.61 Å². The molecule has 0 aliphatic rings. The fraction of sp³-hybridized carbons (Fsp3) is 0.985. The molecule has 0 N–H and O–H groups in total. The first-order valence-electron chi connectivity index (χ1n) is 33.5. The Bertz CT molecular complexity index is 882. The highest BCUT2D eigenvalue weighted by atomic mass is 16.5. The van der Waals surface area contributed by atoms with Gasteiger partial charge in [0.1, 0.15) is 0 Å². The predicted octanol–water partition coefficient (Wildman–Crippen LogP) is 25.1. The van der Waals surface area contributed by atoms with E-state index in [4.69, 9.17) is 4.74 Å². The molecule has 0 amide bonds. The van der Waals surface area contributed by atoms with Crippen LogP contribution in [0.25, 0.3) is 0 Å². The van der Waals surface area contributed by atoms with Crippen molar-refractivity contribution in [2.24, 2.45) is 0 Å². The fourth-order valence-corrected chi connectivity index (χ4v) is 11.0. The molecule has 0 saturated heterocycles. The summed E-state index contributed by atoms with van der Waals surface area (Å²) in [5.74, 6) is 0.0379. The third kappa shape index (κ3) is 65.5. The van der Waals surface area contributed by atoms with Crippen molar-refractivity contribution < 1.29 is 9.53 Å². The van der Waals surface area contributed by atoms with Gasteiger partial charge in [-0.25, -0.2) is 0 Å². The summed E-state index contributed by atoms with van der Waals surface area (Å²) in [4.78, 5) is 12.1. The van der Waals surface area contributed by atoms with Crippen LogP contribution in [0.5, 0.6) is 0 Å². The van der Waals surface area contributed by atoms with Crippen LogP contribution in [0.1, 0.15) is 418 Å². The number of ether oxygens (including phenoxy) is 1. The van der Waals surface area contributed by atoms with Crippen LogP contribution in [0.4, 0.5) is 0 Å². The number of esters is 1. The normalized spacial score (nSPS) is 11.6. The molecule has 0 fully saturated rings. The summed E-state index contributed by atoms with van der Waals surface area (Å²) in [6.07, 6.45) is 89.2. The molecule has 0 aliphatic carbocycles. The van der Waals surface area contributed by atoms with E-state index in [1.807, 2.05) is 0 Å². The van der Waals surface area contributed by atoms with Crippen molar-refractivity contribution in [1.29, 1.82) is 0 Å². The molecule has 0 radical (unpaired) electrons. The molecule has 2 nitrogen and oxygen atoms in total. The first-order valence-corrected chi connectivity index (χ1v) is 33.5. The molecule has 0 saturated carbocycles. The van der Waals surface area contributed by atoms with Crippen molar-refractivity contribution in [1.82, 2.24) is 0 Å². The highest BCUT2D eigenvalue weighted by molar-refractivity contribution is 5.69. The van der Waals surface area contributed by atoms with Crippen LogP contribution in [0.15, 0.2) is 0 Å². The van der Waals surface area contributed by atoms with E-state index in [9.17, 15) is 4.79 Å². The van der Waals surface area contributed by atoms with Crippen LogP contribution in [-0.2, 0) is 9.53 Å². The number of rotatable bonds is 64. The maximum absolute atomic E-state index is 12.1. The fourth-order valence-electron chi connectivity index (χ4n) is 11.0. The van der Waals surface area contributed by atoms with Gasteiger partial charge in [0.25, 0.3) is 0 Å². The Morgan fingerprint density at radius 3 is 0.478 bits per heavy atom. The molecule has 0 bridgehead atoms. The van der Waals surface area contributed by atoms with Crippen molar-refractivity contribution in [3.05, 3.63) is 0 Å². The Kier molecular flexibility index (Phi) is 65.0. The monoisotopic (exact) mass is 971 g/mol. The van der Waals surface area contributed by atoms with Crippen LogP contribution < -0.4 is 0 Å². The first kappa shape index (κ1) is 68.5. The molecule has 0 heterocycles. The zero-order chi connectivity index (χ0) is 49.5. The Hall–Kier alpha value is -0.530. The Labute approximate surface area is 438 Å². The number of carbonyl (C=O) groups excluding carboxylic acids is 1. The lowest BCUT2D eigenvalue weighted by atomic mass is 10.0. The van der Waals surface area contributed by atoms with E-state index in [-0.39, 0.29) is 5.97 Å². The number of hydrogen-bond donors (Lipinski definition) is 0. The minimum atomic E-state index is 0.0379. The first-order chi connectivity index (χ1) is 34.3. The van der Waals surface area contributed by atoms with Crippen molar-refractivity contribution in [2.45, 2.75) is 418 Å². The van der Waals surface area contributed by atoms with Gasteiger partial charge < -0.3 is 4.74 Å². The molecule has 0 rings (SSSR count). The molecule has 0 aromatic carbocycles. The van der Waals surface area contributed by atoms with Gasteiger partial charge in [-0.15, -0.1) is 0 Å². The lowest BCUT2D eigenvalue weighted by Gasteiger charge is -2.06. The zero-order valence-electron chi connectivity index (χ0n) is 48.6. The van der Waals surface area contributed by atoms with Gasteiger partial charge in [-0.2, -0.15) is 0 Å². The average Bonchev–Trinajstić information content (AvgIpc) is 3.36. The number of hydrogen-bond acceptors (Lipinski definition) is 2. The summed E-state index contributed by atoms with van der Waals surface area (Å²) in [6.45, 7) is 5.26. The van der Waals surface area contributed by atoms with E-state index in [0.29, 0.717) is 13.0 Å². The molecule has 2 heteroatoms. The van der Waals surface area contributed by atoms with Crippen molar-refractivity contribution in [3.63, 3.8) is 0 Å². The van der Waals surface area contributed by atoms with Gasteiger partial charge in [0, 0.05) is 6.42 Å². The van der Waals surface area contributed by atoms with Gasteiger partial charge in [-0.05, 0) is 12.8 Å². The summed E-state index contributed by atoms with van der Waals surface area (Å²) in [5.41, 5.74) is 0. The smallest absolute Gasteiger partial charge is 0.305 e. The number of unbranched alkanes of at least 4 members (excludes halogenated alkanes) is 60. The second-order valence-electron chi connectivity index (χ2n) is 23.2. The maximum Gasteiger partial charge on any atom is 0.305 e. The topological polar surface area (TPSA) is 26.3 Å². The maximum atomic E-state index is 12.1. The Balaban J connectivity index is 3.14. The molecule has 0 aromatic heterocycles. The van der Waals surface area contributed by atoms with E-state index in [1.165, 1.54) is 385 Å². The van der Waals surface area contributed by atoms with Crippen LogP contribution in [-0.4, -0.2) is 12.6 Å². The lowest BCUT2D eigenvalue weighted by Crippen LogP contribution is -2.05. The van der Waals surface area contributed by atoms with Crippen molar-refractivity contribution >= 4 is 5.97 Å². The average molecular weight is 972 g/mol. The standard InChI is InChI=1S/C67H134O2/c1-3-5-7-9-11-13-15-17-19-21-23-25-27-29-31-33-35-36-38-40-42-44-46-48-50-52-54-56-58-60-62-64-66-69-67(68)65-63-61-59-57-55-53-51-49-47-45-43-41-39-37-34-32-30-28-26-24-22-20-18-16-14-12-10-8-6-4-2/h3-66H2,1-2H3. The highest BCUT2D eigenvalue weighted by Gasteiger charge is 2.04. The van der Waals surface area contributed by atoms with Gasteiger partial charge in [0.15, 0.2) is 0 Å². The summed E-state index contributed by atoms with van der Waals surface area (Å²) in [5, 5.41) is 0. The summed E-state index contributed by atoms with van der Waals surface area (Å²) < 4.78 is 5.53. The van der Waals surface area contributed by atoms with Gasteiger partial charge in [0.2, 0.25) is 0 Å². The summed E-state index contributed by atoms with van der Waals surface area (Å²) >= 11 is 0. The number of carbonyl (C=O) groups is 1. The summed E-state index contributed by atoms with van der Waals surface area (Å²) in [7, 11) is 0. The molecule has 414 valence electrons. The van der Waals surface area contributed by atoms with Gasteiger partial charge in [-0.3, -0.25) is 4.79 Å². The third-order valence-corrected chi connectivity index (χ3v) is 16.0. The van der Waals surface area contributed by atoms with Crippen LogP contribution >= 0.6 is 0 Å². The quantitative estimate of drug-likeness (QED) is 0.0448. The molecule has 0 spiro atoms. The lowest BCUT2D eigenvalue weighted by molar-refractivity contribution is -0.143. The Morgan fingerprint density at radius 2 is 0.319 bits per heavy atom. The predicted molar refractivity (Wildman–Crippen MR) is 313 cm³/mol. The molecule has 0 aromatic rings. The van der Waals surface area contributed by atoms with Crippen LogP contribution in [0.3, 0.4) is 0 Å². The Morgan fingerprint density at radius 1 is 0.188 bits per heavy atom. The zero-order valence-corrected chi connectivity index (χ0v) is 48.6. The molecule has 0 atom stereocenters. The van der Waals surface area contributed by atoms with E-state index >= 15 is 0 Å². The van der Waals surface area contributed by atoms with Gasteiger partial charge >= 0.3 is 5.97 Å². The third-order valence-electron chi connectivity index (χ3n) is 16.0. The molecular formula is C67H134O2. The van der Waals surface area contributed by atoms with Crippen LogP contribution in [0, 0.1) is 0 Å². The second kappa shape index (κ2) is 65.5. The van der Waals surface area contributed by atoms with Crippen LogP contribution in [0.2, 0.25) is 0 Å². The molecule has 0 aliphatic heterocycles. The highest BCUT2D eigenvalue weighted by Crippen LogP contribution is 2.20. The minimum absolute atomic E-state index is 0.0379. The largest absolute Gasteiger partial charge is 0.466 e. The van der Waals surface area contributed by atoms with E-state index in [2.05, 4.69) is 13.8 Å². The summed E-state index contributed by atoms with van der Waals surface area (Å²) in [6, 6.07) is 0. The van der Waals surface area contributed by atoms with E-state index < -0.39 is 0 Å². The molecular weight excluding hydrogens is 837 g/mol. The van der Waals surface area contributed by atoms with E-state index in [1.54, 1.807) is 0 Å². The van der Waals surface area contributed by atoms with Crippen molar-refractivity contribution in [3.8, 4) is 0 Å². The van der Waals surface area contributed by atoms with E-state index in [0.717, 1.165) is 12.8 Å². The second-order valence-corrected chi connectivity index (χ2v) is 23.2.